The highest BCUT2D eigenvalue weighted by atomic mass is 15.3. The lowest BCUT2D eigenvalue weighted by atomic mass is 10.3. The zero-order valence-corrected chi connectivity index (χ0v) is 6.59. The molecule has 1 aromatic rings. The SMILES string of the molecule is C=C(C)CNCc1cnn[nH]1. The van der Waals surface area contributed by atoms with Crippen LogP contribution in [0.25, 0.3) is 0 Å². The van der Waals surface area contributed by atoms with E-state index in [0.717, 1.165) is 24.4 Å². The number of rotatable bonds is 4. The van der Waals surface area contributed by atoms with Gasteiger partial charge in [-0.15, -0.1) is 5.10 Å². The Morgan fingerprint density at radius 1 is 1.82 bits per heavy atom. The molecule has 1 rings (SSSR count). The summed E-state index contributed by atoms with van der Waals surface area (Å²) in [5.74, 6) is 0. The van der Waals surface area contributed by atoms with Crippen LogP contribution in [0.1, 0.15) is 12.6 Å². The van der Waals surface area contributed by atoms with Crippen molar-refractivity contribution < 1.29 is 0 Å². The third-order valence-corrected chi connectivity index (χ3v) is 1.21. The molecule has 0 fully saturated rings. The fourth-order valence-corrected chi connectivity index (χ4v) is 0.716. The number of nitrogens with one attached hydrogen (secondary N) is 2. The second-order valence-corrected chi connectivity index (χ2v) is 2.54. The summed E-state index contributed by atoms with van der Waals surface area (Å²) in [4.78, 5) is 0. The highest BCUT2D eigenvalue weighted by Crippen LogP contribution is 1.88. The Hall–Kier alpha value is -1.16. The lowest BCUT2D eigenvalue weighted by molar-refractivity contribution is 0.719. The van der Waals surface area contributed by atoms with Crippen LogP contribution in [0.4, 0.5) is 0 Å². The van der Waals surface area contributed by atoms with Crippen LogP contribution in [0.2, 0.25) is 0 Å². The van der Waals surface area contributed by atoms with Gasteiger partial charge in [0.05, 0.1) is 11.9 Å². The first-order valence-corrected chi connectivity index (χ1v) is 3.49. The first-order valence-electron chi connectivity index (χ1n) is 3.49. The number of nitrogens with zero attached hydrogens (tertiary/aromatic N) is 2. The summed E-state index contributed by atoms with van der Waals surface area (Å²) in [5.41, 5.74) is 2.11. The molecular weight excluding hydrogens is 140 g/mol. The average Bonchev–Trinajstić information content (AvgIpc) is 2.39. The molecule has 11 heavy (non-hydrogen) atoms. The van der Waals surface area contributed by atoms with Gasteiger partial charge in [0.15, 0.2) is 0 Å². The molecule has 0 aliphatic rings. The molecule has 0 saturated carbocycles. The maximum Gasteiger partial charge on any atom is 0.0735 e. The fourth-order valence-electron chi connectivity index (χ4n) is 0.716. The Morgan fingerprint density at radius 2 is 2.64 bits per heavy atom. The van der Waals surface area contributed by atoms with Gasteiger partial charge >= 0.3 is 0 Å². The third kappa shape index (κ3) is 2.95. The predicted molar refractivity (Wildman–Crippen MR) is 42.9 cm³/mol. The van der Waals surface area contributed by atoms with Crippen molar-refractivity contribution in [2.75, 3.05) is 6.54 Å². The van der Waals surface area contributed by atoms with Crippen molar-refractivity contribution in [1.29, 1.82) is 0 Å². The Morgan fingerprint density at radius 3 is 3.18 bits per heavy atom. The van der Waals surface area contributed by atoms with E-state index in [9.17, 15) is 0 Å². The molecule has 0 saturated heterocycles. The van der Waals surface area contributed by atoms with Crippen LogP contribution < -0.4 is 5.32 Å². The van der Waals surface area contributed by atoms with Gasteiger partial charge in [0.1, 0.15) is 0 Å². The van der Waals surface area contributed by atoms with Crippen molar-refractivity contribution in [3.63, 3.8) is 0 Å². The predicted octanol–water partition coefficient (Wildman–Crippen LogP) is 0.470. The maximum atomic E-state index is 3.77. The van der Waals surface area contributed by atoms with Crippen molar-refractivity contribution >= 4 is 0 Å². The number of hydrogen-bond donors (Lipinski definition) is 2. The molecule has 4 nitrogen and oxygen atoms in total. The molecular formula is C7H12N4. The smallest absolute Gasteiger partial charge is 0.0735 e. The highest BCUT2D eigenvalue weighted by Gasteiger charge is 1.92. The van der Waals surface area contributed by atoms with Gasteiger partial charge in [-0.25, -0.2) is 0 Å². The molecule has 0 aliphatic heterocycles. The molecule has 0 unspecified atom stereocenters. The topological polar surface area (TPSA) is 53.6 Å². The van der Waals surface area contributed by atoms with Crippen LogP contribution in [0.5, 0.6) is 0 Å². The molecule has 0 amide bonds. The molecule has 0 spiro atoms. The van der Waals surface area contributed by atoms with Crippen LogP contribution >= 0.6 is 0 Å². The number of hydrogen-bond acceptors (Lipinski definition) is 3. The normalized spacial score (nSPS) is 9.91. The van der Waals surface area contributed by atoms with Crippen LogP contribution in [0.15, 0.2) is 18.3 Å². The molecule has 0 radical (unpaired) electrons. The van der Waals surface area contributed by atoms with Crippen molar-refractivity contribution in [2.45, 2.75) is 13.5 Å². The molecule has 0 atom stereocenters. The Bertz CT molecular complexity index is 214. The minimum absolute atomic E-state index is 0.764. The summed E-state index contributed by atoms with van der Waals surface area (Å²) in [5, 5.41) is 13.2. The summed E-state index contributed by atoms with van der Waals surface area (Å²) >= 11 is 0. The van der Waals surface area contributed by atoms with Gasteiger partial charge in [0, 0.05) is 13.1 Å². The van der Waals surface area contributed by atoms with Crippen molar-refractivity contribution in [3.8, 4) is 0 Å². The van der Waals surface area contributed by atoms with E-state index in [0.29, 0.717) is 0 Å². The maximum absolute atomic E-state index is 3.77. The van der Waals surface area contributed by atoms with E-state index in [1.54, 1.807) is 6.20 Å². The molecule has 4 heteroatoms. The van der Waals surface area contributed by atoms with Crippen LogP contribution in [-0.2, 0) is 6.54 Å². The highest BCUT2D eigenvalue weighted by molar-refractivity contribution is 4.94. The van der Waals surface area contributed by atoms with E-state index >= 15 is 0 Å². The second kappa shape index (κ2) is 3.88. The van der Waals surface area contributed by atoms with E-state index in [1.807, 2.05) is 6.92 Å². The van der Waals surface area contributed by atoms with Gasteiger partial charge < -0.3 is 5.32 Å². The fraction of sp³-hybridized carbons (Fsp3) is 0.429. The van der Waals surface area contributed by atoms with E-state index in [-0.39, 0.29) is 0 Å². The molecule has 1 heterocycles. The van der Waals surface area contributed by atoms with Crippen molar-refractivity contribution in [1.82, 2.24) is 20.7 Å². The van der Waals surface area contributed by atoms with E-state index in [1.165, 1.54) is 0 Å². The summed E-state index contributed by atoms with van der Waals surface area (Å²) in [6.07, 6.45) is 1.70. The van der Waals surface area contributed by atoms with Gasteiger partial charge in [-0.05, 0) is 6.92 Å². The molecule has 60 valence electrons. The minimum atomic E-state index is 0.764. The summed E-state index contributed by atoms with van der Waals surface area (Å²) in [6.45, 7) is 7.35. The summed E-state index contributed by atoms with van der Waals surface area (Å²) in [6, 6.07) is 0. The summed E-state index contributed by atoms with van der Waals surface area (Å²) < 4.78 is 0. The largest absolute Gasteiger partial charge is 0.307 e. The molecule has 0 aromatic carbocycles. The van der Waals surface area contributed by atoms with Gasteiger partial charge in [-0.3, -0.25) is 5.10 Å². The zero-order chi connectivity index (χ0) is 8.10. The second-order valence-electron chi connectivity index (χ2n) is 2.54. The van der Waals surface area contributed by atoms with Gasteiger partial charge in [-0.2, -0.15) is 0 Å². The molecule has 1 aromatic heterocycles. The zero-order valence-electron chi connectivity index (χ0n) is 6.59. The number of aromatic amines is 1. The summed E-state index contributed by atoms with van der Waals surface area (Å²) in [7, 11) is 0. The lowest BCUT2D eigenvalue weighted by Crippen LogP contribution is -2.15. The first kappa shape index (κ1) is 7.94. The standard InChI is InChI=1S/C7H12N4/c1-6(2)3-8-4-7-5-9-11-10-7/h5,8H,1,3-4H2,2H3,(H,9,10,11). The van der Waals surface area contributed by atoms with Gasteiger partial charge in [0.2, 0.25) is 0 Å². The van der Waals surface area contributed by atoms with E-state index < -0.39 is 0 Å². The average molecular weight is 152 g/mol. The van der Waals surface area contributed by atoms with E-state index in [2.05, 4.69) is 27.3 Å². The van der Waals surface area contributed by atoms with Crippen LogP contribution in [0.3, 0.4) is 0 Å². The first-order chi connectivity index (χ1) is 5.29. The number of H-pyrrole nitrogens is 1. The third-order valence-electron chi connectivity index (χ3n) is 1.21. The quantitative estimate of drug-likeness (QED) is 0.617. The molecule has 2 N–H and O–H groups in total. The van der Waals surface area contributed by atoms with Crippen LogP contribution in [0, 0.1) is 0 Å². The van der Waals surface area contributed by atoms with Crippen molar-refractivity contribution in [3.05, 3.63) is 24.0 Å². The van der Waals surface area contributed by atoms with Crippen LogP contribution in [-0.4, -0.2) is 22.0 Å². The van der Waals surface area contributed by atoms with Gasteiger partial charge in [-0.1, -0.05) is 17.4 Å². The van der Waals surface area contributed by atoms with Crippen molar-refractivity contribution in [2.24, 2.45) is 0 Å². The Labute approximate surface area is 65.7 Å². The minimum Gasteiger partial charge on any atom is -0.307 e. The van der Waals surface area contributed by atoms with E-state index in [4.69, 9.17) is 0 Å². The Kier molecular flexibility index (Phi) is 2.80. The van der Waals surface area contributed by atoms with Gasteiger partial charge in [0.25, 0.3) is 0 Å². The number of aromatic nitrogens is 3. The monoisotopic (exact) mass is 152 g/mol. The molecule has 0 bridgehead atoms. The lowest BCUT2D eigenvalue weighted by Gasteiger charge is -1.99. The molecule has 0 aliphatic carbocycles. The Balaban J connectivity index is 2.19.